The molecule has 3 nitrogen and oxygen atoms in total. The van der Waals surface area contributed by atoms with Crippen molar-refractivity contribution >= 4 is 0 Å². The molecular formula is C14H30N2O. The van der Waals surface area contributed by atoms with E-state index in [-0.39, 0.29) is 0 Å². The first kappa shape index (κ1) is 14.9. The SMILES string of the molecule is COCC1CCN(CCCCNCC(C)C)C1. The van der Waals surface area contributed by atoms with Crippen molar-refractivity contribution in [3.63, 3.8) is 0 Å². The first-order valence-corrected chi connectivity index (χ1v) is 7.14. The topological polar surface area (TPSA) is 24.5 Å². The van der Waals surface area contributed by atoms with Gasteiger partial charge in [0.15, 0.2) is 0 Å². The summed E-state index contributed by atoms with van der Waals surface area (Å²) in [5.41, 5.74) is 0. The molecule has 0 amide bonds. The Hall–Kier alpha value is -0.120. The molecule has 1 unspecified atom stereocenters. The number of unbranched alkanes of at least 4 members (excludes halogenated alkanes) is 1. The van der Waals surface area contributed by atoms with Crippen molar-refractivity contribution in [2.45, 2.75) is 33.1 Å². The van der Waals surface area contributed by atoms with Gasteiger partial charge >= 0.3 is 0 Å². The highest BCUT2D eigenvalue weighted by molar-refractivity contribution is 4.75. The lowest BCUT2D eigenvalue weighted by Crippen LogP contribution is -2.25. The van der Waals surface area contributed by atoms with Crippen LogP contribution in [0.5, 0.6) is 0 Å². The third-order valence-electron chi connectivity index (χ3n) is 3.40. The van der Waals surface area contributed by atoms with E-state index in [1.54, 1.807) is 0 Å². The van der Waals surface area contributed by atoms with Crippen molar-refractivity contribution in [2.24, 2.45) is 11.8 Å². The van der Waals surface area contributed by atoms with E-state index < -0.39 is 0 Å². The van der Waals surface area contributed by atoms with Gasteiger partial charge < -0.3 is 15.0 Å². The minimum absolute atomic E-state index is 0.767. The molecule has 0 spiro atoms. The van der Waals surface area contributed by atoms with Crippen LogP contribution < -0.4 is 5.32 Å². The molecule has 0 aromatic heterocycles. The van der Waals surface area contributed by atoms with Crippen molar-refractivity contribution in [1.82, 2.24) is 10.2 Å². The molecule has 1 N–H and O–H groups in total. The molecule has 0 aromatic carbocycles. The predicted molar refractivity (Wildman–Crippen MR) is 73.4 cm³/mol. The second-order valence-electron chi connectivity index (χ2n) is 5.72. The summed E-state index contributed by atoms with van der Waals surface area (Å²) in [5.74, 6) is 1.54. The average Bonchev–Trinajstić information content (AvgIpc) is 2.71. The molecule has 0 bridgehead atoms. The maximum absolute atomic E-state index is 5.22. The zero-order valence-electron chi connectivity index (χ0n) is 11.9. The predicted octanol–water partition coefficient (Wildman–Crippen LogP) is 1.98. The molecule has 1 heterocycles. The molecule has 1 fully saturated rings. The minimum Gasteiger partial charge on any atom is -0.384 e. The van der Waals surface area contributed by atoms with Gasteiger partial charge in [0.25, 0.3) is 0 Å². The van der Waals surface area contributed by atoms with Crippen LogP contribution in [0.1, 0.15) is 33.1 Å². The Morgan fingerprint density at radius 3 is 2.88 bits per heavy atom. The normalized spacial score (nSPS) is 21.5. The number of nitrogens with zero attached hydrogens (tertiary/aromatic N) is 1. The van der Waals surface area contributed by atoms with Crippen molar-refractivity contribution < 1.29 is 4.74 Å². The number of ether oxygens (including phenoxy) is 1. The van der Waals surface area contributed by atoms with Crippen LogP contribution in [0.2, 0.25) is 0 Å². The Bertz CT molecular complexity index is 185. The summed E-state index contributed by atoms with van der Waals surface area (Å²) >= 11 is 0. The highest BCUT2D eigenvalue weighted by atomic mass is 16.5. The zero-order chi connectivity index (χ0) is 12.5. The smallest absolute Gasteiger partial charge is 0.0503 e. The molecule has 1 saturated heterocycles. The van der Waals surface area contributed by atoms with Gasteiger partial charge in [0, 0.05) is 13.7 Å². The van der Waals surface area contributed by atoms with E-state index in [4.69, 9.17) is 4.74 Å². The first-order valence-electron chi connectivity index (χ1n) is 7.14. The largest absolute Gasteiger partial charge is 0.384 e. The fourth-order valence-electron chi connectivity index (χ4n) is 2.46. The van der Waals surface area contributed by atoms with Crippen LogP contribution in [0.4, 0.5) is 0 Å². The molecule has 0 aromatic rings. The molecule has 0 aliphatic carbocycles. The van der Waals surface area contributed by atoms with Crippen LogP contribution in [0.15, 0.2) is 0 Å². The summed E-state index contributed by atoms with van der Waals surface area (Å²) in [5, 5.41) is 3.50. The molecular weight excluding hydrogens is 212 g/mol. The monoisotopic (exact) mass is 242 g/mol. The van der Waals surface area contributed by atoms with Crippen LogP contribution >= 0.6 is 0 Å². The molecule has 102 valence electrons. The fraction of sp³-hybridized carbons (Fsp3) is 1.00. The average molecular weight is 242 g/mol. The Labute approximate surface area is 107 Å². The van der Waals surface area contributed by atoms with Gasteiger partial charge in [0.2, 0.25) is 0 Å². The van der Waals surface area contributed by atoms with Crippen molar-refractivity contribution in [3.8, 4) is 0 Å². The van der Waals surface area contributed by atoms with Crippen LogP contribution in [0, 0.1) is 11.8 Å². The number of hydrogen-bond acceptors (Lipinski definition) is 3. The van der Waals surface area contributed by atoms with Gasteiger partial charge in [-0.1, -0.05) is 13.8 Å². The van der Waals surface area contributed by atoms with Gasteiger partial charge in [-0.05, 0) is 57.3 Å². The van der Waals surface area contributed by atoms with Crippen LogP contribution in [0.25, 0.3) is 0 Å². The van der Waals surface area contributed by atoms with Gasteiger partial charge in [0.05, 0.1) is 6.61 Å². The molecule has 1 aliphatic rings. The Balaban J connectivity index is 1.90. The van der Waals surface area contributed by atoms with Crippen molar-refractivity contribution in [2.75, 3.05) is 46.4 Å². The zero-order valence-corrected chi connectivity index (χ0v) is 11.9. The van der Waals surface area contributed by atoms with Gasteiger partial charge in [-0.3, -0.25) is 0 Å². The van der Waals surface area contributed by atoms with Crippen LogP contribution in [-0.2, 0) is 4.74 Å². The molecule has 1 rings (SSSR count). The lowest BCUT2D eigenvalue weighted by Gasteiger charge is -2.15. The second kappa shape index (κ2) is 8.90. The summed E-state index contributed by atoms with van der Waals surface area (Å²) in [6.45, 7) is 11.6. The van der Waals surface area contributed by atoms with Crippen molar-refractivity contribution in [1.29, 1.82) is 0 Å². The Morgan fingerprint density at radius 1 is 1.35 bits per heavy atom. The molecule has 0 saturated carbocycles. The maximum atomic E-state index is 5.22. The molecule has 3 heteroatoms. The fourth-order valence-corrected chi connectivity index (χ4v) is 2.46. The highest BCUT2D eigenvalue weighted by Crippen LogP contribution is 2.16. The first-order chi connectivity index (χ1) is 8.22. The van der Waals surface area contributed by atoms with Gasteiger partial charge in [0.1, 0.15) is 0 Å². The summed E-state index contributed by atoms with van der Waals surface area (Å²) in [6.07, 6.45) is 3.95. The van der Waals surface area contributed by atoms with Crippen LogP contribution in [-0.4, -0.2) is 51.3 Å². The highest BCUT2D eigenvalue weighted by Gasteiger charge is 2.21. The standard InChI is InChI=1S/C14H30N2O/c1-13(2)10-15-7-4-5-8-16-9-6-14(11-16)12-17-3/h13-15H,4-12H2,1-3H3. The lowest BCUT2D eigenvalue weighted by atomic mass is 10.1. The van der Waals surface area contributed by atoms with E-state index in [2.05, 4.69) is 24.1 Å². The number of methoxy groups -OCH3 is 1. The lowest BCUT2D eigenvalue weighted by molar-refractivity contribution is 0.153. The van der Waals surface area contributed by atoms with Gasteiger partial charge in [-0.2, -0.15) is 0 Å². The number of rotatable bonds is 9. The summed E-state index contributed by atoms with van der Waals surface area (Å²) in [7, 11) is 1.81. The van der Waals surface area contributed by atoms with E-state index >= 15 is 0 Å². The summed E-state index contributed by atoms with van der Waals surface area (Å²) in [4.78, 5) is 2.59. The summed E-state index contributed by atoms with van der Waals surface area (Å²) in [6, 6.07) is 0. The number of likely N-dealkylation sites (tertiary alicyclic amines) is 1. The molecule has 0 radical (unpaired) electrons. The van der Waals surface area contributed by atoms with E-state index in [0.29, 0.717) is 0 Å². The quantitative estimate of drug-likeness (QED) is 0.626. The third-order valence-corrected chi connectivity index (χ3v) is 3.40. The van der Waals surface area contributed by atoms with Gasteiger partial charge in [-0.25, -0.2) is 0 Å². The van der Waals surface area contributed by atoms with Gasteiger partial charge in [-0.15, -0.1) is 0 Å². The van der Waals surface area contributed by atoms with Crippen molar-refractivity contribution in [3.05, 3.63) is 0 Å². The van der Waals surface area contributed by atoms with E-state index in [1.165, 1.54) is 45.4 Å². The van der Waals surface area contributed by atoms with E-state index in [9.17, 15) is 0 Å². The minimum atomic E-state index is 0.767. The van der Waals surface area contributed by atoms with Crippen LogP contribution in [0.3, 0.4) is 0 Å². The molecule has 1 atom stereocenters. The Kier molecular flexibility index (Phi) is 7.82. The molecule has 17 heavy (non-hydrogen) atoms. The number of nitrogens with one attached hydrogen (secondary N) is 1. The molecule has 1 aliphatic heterocycles. The Morgan fingerprint density at radius 2 is 2.18 bits per heavy atom. The number of hydrogen-bond donors (Lipinski definition) is 1. The van der Waals surface area contributed by atoms with E-state index in [1.807, 2.05) is 7.11 Å². The summed E-state index contributed by atoms with van der Waals surface area (Å²) < 4.78 is 5.22. The third kappa shape index (κ3) is 7.02. The second-order valence-corrected chi connectivity index (χ2v) is 5.72. The maximum Gasteiger partial charge on any atom is 0.0503 e. The van der Waals surface area contributed by atoms with E-state index in [0.717, 1.165) is 25.0 Å².